The van der Waals surface area contributed by atoms with Crippen LogP contribution in [0.4, 0.5) is 10.5 Å². The van der Waals surface area contributed by atoms with E-state index in [1.54, 1.807) is 31.2 Å². The van der Waals surface area contributed by atoms with Crippen LogP contribution in [-0.4, -0.2) is 18.0 Å². The van der Waals surface area contributed by atoms with E-state index in [4.69, 9.17) is 11.0 Å². The fourth-order valence-corrected chi connectivity index (χ4v) is 1.22. The highest BCUT2D eigenvalue weighted by atomic mass is 16.2. The summed E-state index contributed by atoms with van der Waals surface area (Å²) in [5.41, 5.74) is 5.93. The molecule has 0 aliphatic carbocycles. The molecule has 0 spiro atoms. The van der Waals surface area contributed by atoms with Crippen LogP contribution >= 0.6 is 0 Å². The quantitative estimate of drug-likeness (QED) is 0.707. The Hall–Kier alpha value is -2.55. The number of amides is 3. The monoisotopic (exact) mass is 232 g/mol. The van der Waals surface area contributed by atoms with Gasteiger partial charge in [-0.05, 0) is 25.1 Å². The summed E-state index contributed by atoms with van der Waals surface area (Å²) in [4.78, 5) is 21.9. The summed E-state index contributed by atoms with van der Waals surface area (Å²) in [6, 6.07) is 7.13. The number of carbonyl (C=O) groups excluding carboxylic acids is 2. The number of benzene rings is 1. The first-order valence-electron chi connectivity index (χ1n) is 4.90. The van der Waals surface area contributed by atoms with Gasteiger partial charge in [0.1, 0.15) is 6.04 Å². The van der Waals surface area contributed by atoms with Crippen molar-refractivity contribution in [3.05, 3.63) is 29.8 Å². The average Bonchev–Trinajstić information content (AvgIpc) is 2.28. The number of carbonyl (C=O) groups is 2. The van der Waals surface area contributed by atoms with Crippen molar-refractivity contribution in [1.82, 2.24) is 5.32 Å². The number of urea groups is 1. The van der Waals surface area contributed by atoms with E-state index in [1.165, 1.54) is 0 Å². The summed E-state index contributed by atoms with van der Waals surface area (Å²) in [5, 5.41) is 13.5. The second-order valence-corrected chi connectivity index (χ2v) is 3.41. The molecule has 1 rings (SSSR count). The molecule has 0 saturated heterocycles. The van der Waals surface area contributed by atoms with Crippen molar-refractivity contribution in [3.8, 4) is 6.07 Å². The lowest BCUT2D eigenvalue weighted by atomic mass is 10.2. The number of primary amides is 1. The van der Waals surface area contributed by atoms with Crippen molar-refractivity contribution in [3.63, 3.8) is 0 Å². The Bertz CT molecular complexity index is 479. The minimum atomic E-state index is -0.894. The van der Waals surface area contributed by atoms with E-state index >= 15 is 0 Å². The van der Waals surface area contributed by atoms with Gasteiger partial charge in [0, 0.05) is 5.69 Å². The van der Waals surface area contributed by atoms with E-state index in [0.29, 0.717) is 11.3 Å². The second kappa shape index (κ2) is 5.51. The van der Waals surface area contributed by atoms with Gasteiger partial charge < -0.3 is 11.1 Å². The lowest BCUT2D eigenvalue weighted by Crippen LogP contribution is -2.43. The zero-order chi connectivity index (χ0) is 12.8. The number of imide groups is 1. The van der Waals surface area contributed by atoms with Gasteiger partial charge in [-0.1, -0.05) is 6.07 Å². The van der Waals surface area contributed by atoms with E-state index in [1.807, 2.05) is 11.4 Å². The molecule has 1 atom stereocenters. The smallest absolute Gasteiger partial charge is 0.318 e. The van der Waals surface area contributed by atoms with Crippen LogP contribution in [0, 0.1) is 11.3 Å². The highest BCUT2D eigenvalue weighted by Gasteiger charge is 2.13. The Morgan fingerprint density at radius 3 is 2.76 bits per heavy atom. The lowest BCUT2D eigenvalue weighted by Gasteiger charge is -2.13. The SMILES string of the molecule is CC(Nc1cccc(C#N)c1)C(=O)NC(N)=O. The van der Waals surface area contributed by atoms with Crippen molar-refractivity contribution in [2.24, 2.45) is 5.73 Å². The summed E-state index contributed by atoms with van der Waals surface area (Å²) < 4.78 is 0. The molecule has 0 bridgehead atoms. The number of anilines is 1. The molecule has 4 N–H and O–H groups in total. The predicted molar refractivity (Wildman–Crippen MR) is 62.0 cm³/mol. The van der Waals surface area contributed by atoms with Crippen molar-refractivity contribution < 1.29 is 9.59 Å². The molecule has 0 aromatic heterocycles. The van der Waals surface area contributed by atoms with Gasteiger partial charge in [-0.25, -0.2) is 4.79 Å². The number of hydrogen-bond donors (Lipinski definition) is 3. The van der Waals surface area contributed by atoms with Crippen molar-refractivity contribution in [2.45, 2.75) is 13.0 Å². The molecule has 3 amide bonds. The minimum Gasteiger partial charge on any atom is -0.374 e. The molecule has 1 aromatic rings. The summed E-state index contributed by atoms with van der Waals surface area (Å²) >= 11 is 0. The molecule has 6 heteroatoms. The van der Waals surface area contributed by atoms with Crippen LogP contribution < -0.4 is 16.4 Å². The van der Waals surface area contributed by atoms with Crippen LogP contribution in [0.3, 0.4) is 0 Å². The van der Waals surface area contributed by atoms with Crippen LogP contribution in [-0.2, 0) is 4.79 Å². The number of hydrogen-bond acceptors (Lipinski definition) is 4. The predicted octanol–water partition coefficient (Wildman–Crippen LogP) is 0.554. The maximum atomic E-state index is 11.4. The molecule has 0 heterocycles. The fourth-order valence-electron chi connectivity index (χ4n) is 1.22. The van der Waals surface area contributed by atoms with Crippen LogP contribution in [0.1, 0.15) is 12.5 Å². The van der Waals surface area contributed by atoms with Gasteiger partial charge >= 0.3 is 6.03 Å². The average molecular weight is 232 g/mol. The Morgan fingerprint density at radius 2 is 2.18 bits per heavy atom. The first-order chi connectivity index (χ1) is 8.02. The maximum absolute atomic E-state index is 11.4. The zero-order valence-electron chi connectivity index (χ0n) is 9.23. The molecule has 0 aliphatic heterocycles. The largest absolute Gasteiger partial charge is 0.374 e. The molecule has 0 fully saturated rings. The van der Waals surface area contributed by atoms with Gasteiger partial charge in [0.05, 0.1) is 11.6 Å². The first kappa shape index (κ1) is 12.5. The third-order valence-electron chi connectivity index (χ3n) is 2.01. The van der Waals surface area contributed by atoms with Crippen molar-refractivity contribution >= 4 is 17.6 Å². The summed E-state index contributed by atoms with van der Waals surface area (Å²) in [5.74, 6) is -0.528. The van der Waals surface area contributed by atoms with Crippen molar-refractivity contribution in [2.75, 3.05) is 5.32 Å². The molecule has 0 saturated carbocycles. The molecule has 1 unspecified atom stereocenters. The Morgan fingerprint density at radius 1 is 1.47 bits per heavy atom. The van der Waals surface area contributed by atoms with Crippen LogP contribution in [0.25, 0.3) is 0 Å². The lowest BCUT2D eigenvalue weighted by molar-refractivity contribution is -0.120. The summed E-state index contributed by atoms with van der Waals surface area (Å²) in [6.07, 6.45) is 0. The number of nitrogens with one attached hydrogen (secondary N) is 2. The fraction of sp³-hybridized carbons (Fsp3) is 0.182. The number of nitrogens with two attached hydrogens (primary N) is 1. The second-order valence-electron chi connectivity index (χ2n) is 3.41. The summed E-state index contributed by atoms with van der Waals surface area (Å²) in [7, 11) is 0. The van der Waals surface area contributed by atoms with Crippen LogP contribution in [0.5, 0.6) is 0 Å². The molecular weight excluding hydrogens is 220 g/mol. The zero-order valence-corrected chi connectivity index (χ0v) is 9.23. The summed E-state index contributed by atoms with van der Waals surface area (Å²) in [6.45, 7) is 1.58. The van der Waals surface area contributed by atoms with Crippen LogP contribution in [0.15, 0.2) is 24.3 Å². The third-order valence-corrected chi connectivity index (χ3v) is 2.01. The standard InChI is InChI=1S/C11H12N4O2/c1-7(10(16)15-11(13)17)14-9-4-2-3-8(5-9)6-12/h2-5,7,14H,1H3,(H3,13,15,16,17). The molecule has 6 nitrogen and oxygen atoms in total. The van der Waals surface area contributed by atoms with E-state index < -0.39 is 18.0 Å². The normalized spacial score (nSPS) is 11.1. The molecule has 0 radical (unpaired) electrons. The number of rotatable bonds is 3. The molecule has 1 aromatic carbocycles. The van der Waals surface area contributed by atoms with Gasteiger partial charge in [0.15, 0.2) is 0 Å². The molecule has 0 aliphatic rings. The van der Waals surface area contributed by atoms with Gasteiger partial charge in [-0.3, -0.25) is 10.1 Å². The van der Waals surface area contributed by atoms with E-state index in [9.17, 15) is 9.59 Å². The van der Waals surface area contributed by atoms with Crippen LogP contribution in [0.2, 0.25) is 0 Å². The maximum Gasteiger partial charge on any atom is 0.318 e. The van der Waals surface area contributed by atoms with Gasteiger partial charge in [-0.15, -0.1) is 0 Å². The molecule has 17 heavy (non-hydrogen) atoms. The Balaban J connectivity index is 2.67. The van der Waals surface area contributed by atoms with Gasteiger partial charge in [0.25, 0.3) is 0 Å². The number of nitrogens with zero attached hydrogens (tertiary/aromatic N) is 1. The molecule has 88 valence electrons. The molecular formula is C11H12N4O2. The topological polar surface area (TPSA) is 108 Å². The third kappa shape index (κ3) is 3.83. The number of nitriles is 1. The van der Waals surface area contributed by atoms with E-state index in [0.717, 1.165) is 0 Å². The van der Waals surface area contributed by atoms with Gasteiger partial charge in [-0.2, -0.15) is 5.26 Å². The highest BCUT2D eigenvalue weighted by Crippen LogP contribution is 2.10. The minimum absolute atomic E-state index is 0.484. The van der Waals surface area contributed by atoms with Gasteiger partial charge in [0.2, 0.25) is 5.91 Å². The van der Waals surface area contributed by atoms with Crippen molar-refractivity contribution in [1.29, 1.82) is 5.26 Å². The Labute approximate surface area is 98.4 Å². The highest BCUT2D eigenvalue weighted by molar-refractivity contribution is 5.97. The van der Waals surface area contributed by atoms with E-state index in [-0.39, 0.29) is 0 Å². The van der Waals surface area contributed by atoms with E-state index in [2.05, 4.69) is 5.32 Å². The Kier molecular flexibility index (Phi) is 4.06. The first-order valence-corrected chi connectivity index (χ1v) is 4.90.